The first-order valence-corrected chi connectivity index (χ1v) is 8.84. The highest BCUT2D eigenvalue weighted by Crippen LogP contribution is 2.18. The summed E-state index contributed by atoms with van der Waals surface area (Å²) in [5, 5.41) is 18.9. The summed E-state index contributed by atoms with van der Waals surface area (Å²) in [6.07, 6.45) is -0.273. The zero-order chi connectivity index (χ0) is 17.9. The summed E-state index contributed by atoms with van der Waals surface area (Å²) in [6, 6.07) is 5.43. The summed E-state index contributed by atoms with van der Waals surface area (Å²) in [5.74, 6) is -1.54. The molecule has 1 heterocycles. The molecule has 0 spiro atoms. The average molecular weight is 370 g/mol. The lowest BCUT2D eigenvalue weighted by Crippen LogP contribution is -2.22. The Balaban J connectivity index is 2.10. The second kappa shape index (κ2) is 7.03. The molecule has 0 atom stereocenters. The Morgan fingerprint density at radius 1 is 1.21 bits per heavy atom. The Morgan fingerprint density at radius 2 is 1.83 bits per heavy atom. The van der Waals surface area contributed by atoms with Crippen molar-refractivity contribution in [2.24, 2.45) is 0 Å². The van der Waals surface area contributed by atoms with Gasteiger partial charge in [-0.3, -0.25) is 14.9 Å². The molecule has 1 aromatic heterocycles. The molecule has 128 valence electrons. The lowest BCUT2D eigenvalue weighted by molar-refractivity contribution is -0.136. The lowest BCUT2D eigenvalue weighted by atomic mass is 10.2. The number of carbonyl (C=O) groups excluding carboxylic acids is 1. The minimum Gasteiger partial charge on any atom is -0.481 e. The molecule has 0 fully saturated rings. The highest BCUT2D eigenvalue weighted by atomic mass is 32.2. The van der Waals surface area contributed by atoms with Gasteiger partial charge in [-0.2, -0.15) is 0 Å². The van der Waals surface area contributed by atoms with Crippen molar-refractivity contribution in [2.45, 2.75) is 11.3 Å². The van der Waals surface area contributed by atoms with Crippen molar-refractivity contribution in [3.8, 4) is 0 Å². The molecule has 9 nitrogen and oxygen atoms in total. The fourth-order valence-electron chi connectivity index (χ4n) is 1.66. The number of rotatable bonds is 6. The van der Waals surface area contributed by atoms with Gasteiger partial charge >= 0.3 is 5.97 Å². The van der Waals surface area contributed by atoms with Gasteiger partial charge < -0.3 is 5.11 Å². The Hall–Kier alpha value is -2.37. The van der Waals surface area contributed by atoms with Crippen molar-refractivity contribution in [1.29, 1.82) is 0 Å². The van der Waals surface area contributed by atoms with Crippen molar-refractivity contribution in [1.82, 2.24) is 14.5 Å². The fourth-order valence-corrected chi connectivity index (χ4v) is 3.29. The number of nitrogens with zero attached hydrogens (tertiary/aromatic N) is 3. The Morgan fingerprint density at radius 3 is 2.38 bits per heavy atom. The van der Waals surface area contributed by atoms with Crippen LogP contribution in [-0.2, 0) is 21.2 Å². The number of hydrogen-bond donors (Lipinski definition) is 2. The number of sulfonamides is 1. The molecule has 0 bridgehead atoms. The van der Waals surface area contributed by atoms with Crippen LogP contribution in [0, 0.1) is 0 Å². The first-order valence-electron chi connectivity index (χ1n) is 6.58. The van der Waals surface area contributed by atoms with Crippen LogP contribution in [-0.4, -0.2) is 54.0 Å². The molecule has 2 aromatic rings. The van der Waals surface area contributed by atoms with E-state index < -0.39 is 21.9 Å². The van der Waals surface area contributed by atoms with Crippen LogP contribution in [0.1, 0.15) is 15.4 Å². The van der Waals surface area contributed by atoms with E-state index in [4.69, 9.17) is 5.11 Å². The smallest absolute Gasteiger partial charge is 0.310 e. The summed E-state index contributed by atoms with van der Waals surface area (Å²) in [4.78, 5) is 22.7. The van der Waals surface area contributed by atoms with Gasteiger partial charge in [-0.15, -0.1) is 10.2 Å². The van der Waals surface area contributed by atoms with E-state index in [0.717, 1.165) is 15.6 Å². The van der Waals surface area contributed by atoms with Gasteiger partial charge in [-0.05, 0) is 24.3 Å². The summed E-state index contributed by atoms with van der Waals surface area (Å²) in [7, 11) is -0.727. The predicted octanol–water partition coefficient (Wildman–Crippen LogP) is 0.668. The van der Waals surface area contributed by atoms with Crippen LogP contribution in [0.25, 0.3) is 0 Å². The van der Waals surface area contributed by atoms with Crippen molar-refractivity contribution in [2.75, 3.05) is 19.4 Å². The number of carbonyl (C=O) groups is 2. The van der Waals surface area contributed by atoms with Crippen LogP contribution in [0.4, 0.5) is 5.13 Å². The fraction of sp³-hybridized carbons (Fsp3) is 0.231. The minimum absolute atomic E-state index is 0.0729. The number of anilines is 1. The van der Waals surface area contributed by atoms with E-state index in [1.54, 1.807) is 0 Å². The largest absolute Gasteiger partial charge is 0.481 e. The van der Waals surface area contributed by atoms with Gasteiger partial charge in [0.25, 0.3) is 5.91 Å². The molecule has 1 aromatic carbocycles. The number of hydrogen-bond acceptors (Lipinski definition) is 7. The predicted molar refractivity (Wildman–Crippen MR) is 86.5 cm³/mol. The van der Waals surface area contributed by atoms with E-state index in [9.17, 15) is 18.0 Å². The highest BCUT2D eigenvalue weighted by molar-refractivity contribution is 7.89. The van der Waals surface area contributed by atoms with E-state index in [0.29, 0.717) is 0 Å². The maximum atomic E-state index is 12.1. The van der Waals surface area contributed by atoms with Crippen LogP contribution in [0.3, 0.4) is 0 Å². The first-order chi connectivity index (χ1) is 11.2. The third-order valence-electron chi connectivity index (χ3n) is 2.88. The number of carboxylic acid groups (broad SMARTS) is 1. The summed E-state index contributed by atoms with van der Waals surface area (Å²) < 4.78 is 25.0. The minimum atomic E-state index is -3.56. The lowest BCUT2D eigenvalue weighted by Gasteiger charge is -2.11. The first kappa shape index (κ1) is 18.0. The molecule has 0 unspecified atom stereocenters. The van der Waals surface area contributed by atoms with Crippen molar-refractivity contribution < 1.29 is 23.1 Å². The molecule has 0 saturated carbocycles. The zero-order valence-electron chi connectivity index (χ0n) is 12.8. The van der Waals surface area contributed by atoms with E-state index >= 15 is 0 Å². The zero-order valence-corrected chi connectivity index (χ0v) is 14.4. The van der Waals surface area contributed by atoms with Gasteiger partial charge in [-0.1, -0.05) is 11.3 Å². The van der Waals surface area contributed by atoms with Crippen molar-refractivity contribution in [3.05, 3.63) is 34.8 Å². The molecule has 24 heavy (non-hydrogen) atoms. The van der Waals surface area contributed by atoms with Crippen LogP contribution in [0.15, 0.2) is 29.2 Å². The molecule has 0 aliphatic rings. The SMILES string of the molecule is CN(C)S(=O)(=O)c1ccc(C(=O)Nc2nnc(CC(=O)O)s2)cc1. The van der Waals surface area contributed by atoms with Gasteiger partial charge in [0, 0.05) is 19.7 Å². The Bertz CT molecular complexity index is 859. The Labute approximate surface area is 142 Å². The summed E-state index contributed by atoms with van der Waals surface area (Å²) >= 11 is 0.958. The van der Waals surface area contributed by atoms with Gasteiger partial charge in [0.1, 0.15) is 5.01 Å². The molecule has 0 aliphatic carbocycles. The molecular formula is C13H14N4O5S2. The number of carboxylic acids is 1. The third kappa shape index (κ3) is 4.13. The van der Waals surface area contributed by atoms with Crippen LogP contribution >= 0.6 is 11.3 Å². The summed E-state index contributed by atoms with van der Waals surface area (Å²) in [5.41, 5.74) is 0.239. The second-order valence-corrected chi connectivity index (χ2v) is 8.05. The number of aromatic nitrogens is 2. The van der Waals surface area contributed by atoms with E-state index in [2.05, 4.69) is 15.5 Å². The number of nitrogens with one attached hydrogen (secondary N) is 1. The van der Waals surface area contributed by atoms with Gasteiger partial charge in [0.2, 0.25) is 15.2 Å². The Kier molecular flexibility index (Phi) is 5.26. The third-order valence-corrected chi connectivity index (χ3v) is 5.55. The molecule has 0 aliphatic heterocycles. The standard InChI is InChI=1S/C13H14N4O5S2/c1-17(2)24(21,22)9-5-3-8(4-6-9)12(20)14-13-16-15-10(23-13)7-11(18)19/h3-6H,7H2,1-2H3,(H,18,19)(H,14,16,20). The highest BCUT2D eigenvalue weighted by Gasteiger charge is 2.18. The maximum absolute atomic E-state index is 12.1. The molecule has 0 radical (unpaired) electrons. The van der Waals surface area contributed by atoms with Crippen molar-refractivity contribution >= 4 is 38.4 Å². The number of benzene rings is 1. The van der Waals surface area contributed by atoms with Crippen LogP contribution in [0.2, 0.25) is 0 Å². The second-order valence-electron chi connectivity index (χ2n) is 4.84. The van der Waals surface area contributed by atoms with E-state index in [-0.39, 0.29) is 27.0 Å². The molecular weight excluding hydrogens is 356 g/mol. The maximum Gasteiger partial charge on any atom is 0.310 e. The topological polar surface area (TPSA) is 130 Å². The normalized spacial score (nSPS) is 11.5. The van der Waals surface area contributed by atoms with Gasteiger partial charge in [-0.25, -0.2) is 12.7 Å². The molecule has 2 rings (SSSR count). The monoisotopic (exact) mass is 370 g/mol. The van der Waals surface area contributed by atoms with Gasteiger partial charge in [0.15, 0.2) is 0 Å². The quantitative estimate of drug-likeness (QED) is 0.764. The number of aliphatic carboxylic acids is 1. The van der Waals surface area contributed by atoms with E-state index in [1.165, 1.54) is 38.4 Å². The van der Waals surface area contributed by atoms with Crippen molar-refractivity contribution in [3.63, 3.8) is 0 Å². The molecule has 1 amide bonds. The molecule has 11 heteroatoms. The van der Waals surface area contributed by atoms with Crippen LogP contribution in [0.5, 0.6) is 0 Å². The summed E-state index contributed by atoms with van der Waals surface area (Å²) in [6.45, 7) is 0. The van der Waals surface area contributed by atoms with Gasteiger partial charge in [0.05, 0.1) is 11.3 Å². The number of amides is 1. The van der Waals surface area contributed by atoms with Crippen LogP contribution < -0.4 is 5.32 Å². The molecule has 2 N–H and O–H groups in total. The van der Waals surface area contributed by atoms with E-state index in [1.807, 2.05) is 0 Å². The molecule has 0 saturated heterocycles. The average Bonchev–Trinajstić information content (AvgIpc) is 2.93.